The second-order valence-corrected chi connectivity index (χ2v) is 7.43. The van der Waals surface area contributed by atoms with E-state index in [-0.39, 0.29) is 24.3 Å². The van der Waals surface area contributed by atoms with Gasteiger partial charge < -0.3 is 10.6 Å². The van der Waals surface area contributed by atoms with Gasteiger partial charge in [-0.1, -0.05) is 73.3 Å². The van der Waals surface area contributed by atoms with E-state index in [0.29, 0.717) is 10.6 Å². The first-order valence-corrected chi connectivity index (χ1v) is 9.91. The van der Waals surface area contributed by atoms with Gasteiger partial charge in [0.1, 0.15) is 0 Å². The Labute approximate surface area is 165 Å². The Balaban J connectivity index is 1.70. The quantitative estimate of drug-likeness (QED) is 0.761. The molecule has 0 aliphatic heterocycles. The van der Waals surface area contributed by atoms with Gasteiger partial charge in [0.25, 0.3) is 5.91 Å². The zero-order chi connectivity index (χ0) is 19.1. The average Bonchev–Trinajstić information content (AvgIpc) is 2.69. The van der Waals surface area contributed by atoms with Gasteiger partial charge in [0.15, 0.2) is 0 Å². The second-order valence-electron chi connectivity index (χ2n) is 7.02. The highest BCUT2D eigenvalue weighted by Gasteiger charge is 2.22. The van der Waals surface area contributed by atoms with Crippen molar-refractivity contribution in [3.05, 3.63) is 70.7 Å². The topological polar surface area (TPSA) is 58.2 Å². The third-order valence-corrected chi connectivity index (χ3v) is 5.32. The molecule has 5 heteroatoms. The Hall–Kier alpha value is -2.33. The molecular formula is C22H25ClN2O2. The molecule has 0 spiro atoms. The molecule has 0 saturated heterocycles. The van der Waals surface area contributed by atoms with Crippen molar-refractivity contribution < 1.29 is 9.59 Å². The van der Waals surface area contributed by atoms with Crippen molar-refractivity contribution in [3.63, 3.8) is 0 Å². The first-order valence-electron chi connectivity index (χ1n) is 9.53. The molecule has 1 aliphatic rings. The highest BCUT2D eigenvalue weighted by atomic mass is 35.5. The summed E-state index contributed by atoms with van der Waals surface area (Å²) in [6.07, 6.45) is 5.84. The maximum atomic E-state index is 12.7. The van der Waals surface area contributed by atoms with Crippen molar-refractivity contribution >= 4 is 23.4 Å². The molecule has 4 nitrogen and oxygen atoms in total. The maximum absolute atomic E-state index is 12.7. The van der Waals surface area contributed by atoms with Gasteiger partial charge in [-0.25, -0.2) is 0 Å². The molecule has 0 bridgehead atoms. The van der Waals surface area contributed by atoms with Gasteiger partial charge >= 0.3 is 0 Å². The molecule has 0 radical (unpaired) electrons. The SMILES string of the molecule is O=C(C[C@@H](NC(=O)c1ccccc1Cl)c1ccccc1)NC1CCCCC1. The minimum atomic E-state index is -0.404. The molecule has 1 atom stereocenters. The van der Waals surface area contributed by atoms with Gasteiger partial charge in [0.05, 0.1) is 23.0 Å². The number of carbonyl (C=O) groups is 2. The first kappa shape index (κ1) is 19.4. The lowest BCUT2D eigenvalue weighted by Crippen LogP contribution is -2.39. The Morgan fingerprint density at radius 2 is 1.63 bits per heavy atom. The van der Waals surface area contributed by atoms with E-state index in [9.17, 15) is 9.59 Å². The number of carbonyl (C=O) groups excluding carboxylic acids is 2. The van der Waals surface area contributed by atoms with E-state index in [1.807, 2.05) is 30.3 Å². The van der Waals surface area contributed by atoms with Crippen LogP contribution in [0.5, 0.6) is 0 Å². The number of hydrogen-bond donors (Lipinski definition) is 2. The summed E-state index contributed by atoms with van der Waals surface area (Å²) in [5, 5.41) is 6.50. The van der Waals surface area contributed by atoms with Crippen molar-refractivity contribution in [2.75, 3.05) is 0 Å². The van der Waals surface area contributed by atoms with Crippen LogP contribution in [0.4, 0.5) is 0 Å². The van der Waals surface area contributed by atoms with Crippen molar-refractivity contribution in [1.29, 1.82) is 0 Å². The van der Waals surface area contributed by atoms with Crippen LogP contribution in [-0.4, -0.2) is 17.9 Å². The molecule has 2 N–H and O–H groups in total. The summed E-state index contributed by atoms with van der Waals surface area (Å²) < 4.78 is 0. The van der Waals surface area contributed by atoms with Crippen LogP contribution in [0.2, 0.25) is 5.02 Å². The minimum Gasteiger partial charge on any atom is -0.353 e. The first-order chi connectivity index (χ1) is 13.1. The molecule has 3 rings (SSSR count). The van der Waals surface area contributed by atoms with Crippen molar-refractivity contribution in [3.8, 4) is 0 Å². The fourth-order valence-electron chi connectivity index (χ4n) is 3.54. The van der Waals surface area contributed by atoms with E-state index in [1.54, 1.807) is 24.3 Å². The summed E-state index contributed by atoms with van der Waals surface area (Å²) in [5.41, 5.74) is 1.31. The van der Waals surface area contributed by atoms with Crippen LogP contribution >= 0.6 is 11.6 Å². The second kappa shape index (κ2) is 9.56. The number of benzene rings is 2. The lowest BCUT2D eigenvalue weighted by Gasteiger charge is -2.25. The van der Waals surface area contributed by atoms with Gasteiger partial charge in [0, 0.05) is 6.04 Å². The Bertz CT molecular complexity index is 773. The standard InChI is InChI=1S/C22H25ClN2O2/c23-19-14-8-7-13-18(19)22(27)25-20(16-9-3-1-4-10-16)15-21(26)24-17-11-5-2-6-12-17/h1,3-4,7-10,13-14,17,20H,2,5-6,11-12,15H2,(H,24,26)(H,25,27)/t20-/m1/s1. The lowest BCUT2D eigenvalue weighted by molar-refractivity contribution is -0.122. The van der Waals surface area contributed by atoms with E-state index in [2.05, 4.69) is 10.6 Å². The van der Waals surface area contributed by atoms with Crippen LogP contribution in [0.1, 0.15) is 60.5 Å². The maximum Gasteiger partial charge on any atom is 0.253 e. The Morgan fingerprint density at radius 1 is 0.963 bits per heavy atom. The third-order valence-electron chi connectivity index (χ3n) is 4.99. The molecule has 1 aliphatic carbocycles. The fraction of sp³-hybridized carbons (Fsp3) is 0.364. The lowest BCUT2D eigenvalue weighted by atomic mass is 9.95. The summed E-state index contributed by atoms with van der Waals surface area (Å²) in [7, 11) is 0. The molecule has 0 unspecified atom stereocenters. The van der Waals surface area contributed by atoms with Crippen LogP contribution in [0, 0.1) is 0 Å². The molecule has 2 aromatic carbocycles. The molecule has 142 valence electrons. The van der Waals surface area contributed by atoms with Crippen LogP contribution in [0.3, 0.4) is 0 Å². The van der Waals surface area contributed by atoms with E-state index in [0.717, 1.165) is 31.2 Å². The van der Waals surface area contributed by atoms with Crippen LogP contribution in [0.25, 0.3) is 0 Å². The summed E-state index contributed by atoms with van der Waals surface area (Å²) >= 11 is 6.14. The van der Waals surface area contributed by atoms with Gasteiger partial charge in [-0.05, 0) is 30.5 Å². The predicted molar refractivity (Wildman–Crippen MR) is 108 cm³/mol. The van der Waals surface area contributed by atoms with Crippen LogP contribution in [0.15, 0.2) is 54.6 Å². The zero-order valence-electron chi connectivity index (χ0n) is 15.3. The van der Waals surface area contributed by atoms with E-state index in [1.165, 1.54) is 6.42 Å². The van der Waals surface area contributed by atoms with Crippen molar-refractivity contribution in [2.45, 2.75) is 50.6 Å². The largest absolute Gasteiger partial charge is 0.353 e. The Morgan fingerprint density at radius 3 is 2.33 bits per heavy atom. The van der Waals surface area contributed by atoms with E-state index < -0.39 is 6.04 Å². The van der Waals surface area contributed by atoms with E-state index in [4.69, 9.17) is 11.6 Å². The van der Waals surface area contributed by atoms with Gasteiger partial charge in [-0.2, -0.15) is 0 Å². The molecule has 27 heavy (non-hydrogen) atoms. The molecule has 1 saturated carbocycles. The monoisotopic (exact) mass is 384 g/mol. The number of hydrogen-bond acceptors (Lipinski definition) is 2. The van der Waals surface area contributed by atoms with Crippen molar-refractivity contribution in [1.82, 2.24) is 10.6 Å². The molecule has 1 fully saturated rings. The zero-order valence-corrected chi connectivity index (χ0v) is 16.0. The smallest absolute Gasteiger partial charge is 0.253 e. The summed E-state index contributed by atoms with van der Waals surface area (Å²) in [5.74, 6) is -0.310. The summed E-state index contributed by atoms with van der Waals surface area (Å²) in [6.45, 7) is 0. The normalized spacial score (nSPS) is 15.7. The molecule has 2 amide bonds. The van der Waals surface area contributed by atoms with Gasteiger partial charge in [-0.15, -0.1) is 0 Å². The molecular weight excluding hydrogens is 360 g/mol. The summed E-state index contributed by atoms with van der Waals surface area (Å²) in [6, 6.07) is 16.3. The van der Waals surface area contributed by atoms with Gasteiger partial charge in [0.2, 0.25) is 5.91 Å². The highest BCUT2D eigenvalue weighted by Crippen LogP contribution is 2.22. The van der Waals surface area contributed by atoms with Gasteiger partial charge in [-0.3, -0.25) is 9.59 Å². The summed E-state index contributed by atoms with van der Waals surface area (Å²) in [4.78, 5) is 25.3. The van der Waals surface area contributed by atoms with Crippen molar-refractivity contribution in [2.24, 2.45) is 0 Å². The van der Waals surface area contributed by atoms with Crippen LogP contribution < -0.4 is 10.6 Å². The number of amides is 2. The Kier molecular flexibility index (Phi) is 6.88. The number of rotatable bonds is 6. The highest BCUT2D eigenvalue weighted by molar-refractivity contribution is 6.33. The van der Waals surface area contributed by atoms with Crippen LogP contribution in [-0.2, 0) is 4.79 Å². The molecule has 2 aromatic rings. The average molecular weight is 385 g/mol. The predicted octanol–water partition coefficient (Wildman–Crippen LogP) is 4.65. The number of nitrogens with one attached hydrogen (secondary N) is 2. The third kappa shape index (κ3) is 5.57. The molecule has 0 heterocycles. The molecule has 0 aromatic heterocycles. The van der Waals surface area contributed by atoms with E-state index >= 15 is 0 Å². The minimum absolute atomic E-state index is 0.0322. The fourth-order valence-corrected chi connectivity index (χ4v) is 3.76. The number of halogens is 1.